The second-order valence-electron chi connectivity index (χ2n) is 3.44. The second kappa shape index (κ2) is 4.71. The largest absolute Gasteiger partial charge is 0.311 e. The Bertz CT molecular complexity index is 482. The summed E-state index contributed by atoms with van der Waals surface area (Å²) in [6, 6.07) is 7.97. The van der Waals surface area contributed by atoms with Gasteiger partial charge in [-0.05, 0) is 42.6 Å². The SMILES string of the molecule is CNC(C)c1nnnn1-c1cccc(Br)c1. The van der Waals surface area contributed by atoms with E-state index >= 15 is 0 Å². The van der Waals surface area contributed by atoms with E-state index in [0.29, 0.717) is 0 Å². The minimum atomic E-state index is 0.106. The van der Waals surface area contributed by atoms with E-state index in [1.165, 1.54) is 0 Å². The van der Waals surface area contributed by atoms with Gasteiger partial charge in [0.25, 0.3) is 0 Å². The number of tetrazole rings is 1. The van der Waals surface area contributed by atoms with E-state index in [9.17, 15) is 0 Å². The normalized spacial score (nSPS) is 12.7. The van der Waals surface area contributed by atoms with Gasteiger partial charge < -0.3 is 5.32 Å². The highest BCUT2D eigenvalue weighted by atomic mass is 79.9. The fraction of sp³-hybridized carbons (Fsp3) is 0.300. The highest BCUT2D eigenvalue weighted by Gasteiger charge is 2.13. The fourth-order valence-electron chi connectivity index (χ4n) is 1.38. The molecule has 6 heteroatoms. The topological polar surface area (TPSA) is 55.6 Å². The van der Waals surface area contributed by atoms with Gasteiger partial charge in [0.15, 0.2) is 5.82 Å². The molecule has 0 amide bonds. The molecule has 1 heterocycles. The van der Waals surface area contributed by atoms with Crippen LogP contribution in [-0.2, 0) is 0 Å². The summed E-state index contributed by atoms with van der Waals surface area (Å²) >= 11 is 3.43. The average Bonchev–Trinajstić information content (AvgIpc) is 2.77. The van der Waals surface area contributed by atoms with Gasteiger partial charge in [-0.1, -0.05) is 22.0 Å². The number of benzene rings is 1. The molecule has 5 nitrogen and oxygen atoms in total. The van der Waals surface area contributed by atoms with Gasteiger partial charge in [0.05, 0.1) is 11.7 Å². The van der Waals surface area contributed by atoms with Gasteiger partial charge in [0.2, 0.25) is 0 Å². The molecule has 1 N–H and O–H groups in total. The van der Waals surface area contributed by atoms with Crippen molar-refractivity contribution in [3.05, 3.63) is 34.6 Å². The number of rotatable bonds is 3. The first-order valence-electron chi connectivity index (χ1n) is 4.94. The van der Waals surface area contributed by atoms with Crippen LogP contribution in [-0.4, -0.2) is 27.3 Å². The third kappa shape index (κ3) is 2.12. The monoisotopic (exact) mass is 281 g/mol. The van der Waals surface area contributed by atoms with Crippen molar-refractivity contribution in [3.63, 3.8) is 0 Å². The molecule has 0 saturated carbocycles. The molecule has 1 unspecified atom stereocenters. The van der Waals surface area contributed by atoms with Crippen LogP contribution in [0.3, 0.4) is 0 Å². The molecule has 16 heavy (non-hydrogen) atoms. The third-order valence-corrected chi connectivity index (χ3v) is 2.86. The minimum absolute atomic E-state index is 0.106. The lowest BCUT2D eigenvalue weighted by Gasteiger charge is -2.10. The van der Waals surface area contributed by atoms with Crippen molar-refractivity contribution in [1.82, 2.24) is 25.5 Å². The van der Waals surface area contributed by atoms with Gasteiger partial charge in [-0.2, -0.15) is 4.68 Å². The number of hydrogen-bond donors (Lipinski definition) is 1. The summed E-state index contributed by atoms with van der Waals surface area (Å²) in [6.07, 6.45) is 0. The van der Waals surface area contributed by atoms with Crippen molar-refractivity contribution in [2.24, 2.45) is 0 Å². The highest BCUT2D eigenvalue weighted by molar-refractivity contribution is 9.10. The van der Waals surface area contributed by atoms with Crippen LogP contribution >= 0.6 is 15.9 Å². The molecule has 0 aliphatic rings. The summed E-state index contributed by atoms with van der Waals surface area (Å²) in [7, 11) is 1.88. The first-order valence-corrected chi connectivity index (χ1v) is 5.73. The van der Waals surface area contributed by atoms with Gasteiger partial charge >= 0.3 is 0 Å². The number of nitrogens with zero attached hydrogens (tertiary/aromatic N) is 4. The molecule has 0 radical (unpaired) electrons. The standard InChI is InChI=1S/C10H12BrN5/c1-7(12-2)10-13-14-15-16(10)9-5-3-4-8(11)6-9/h3-7,12H,1-2H3. The quantitative estimate of drug-likeness (QED) is 0.931. The second-order valence-corrected chi connectivity index (χ2v) is 4.35. The van der Waals surface area contributed by atoms with Crippen LogP contribution in [0, 0.1) is 0 Å². The summed E-state index contributed by atoms with van der Waals surface area (Å²) in [5.41, 5.74) is 0.941. The number of aromatic nitrogens is 4. The molecule has 0 saturated heterocycles. The fourth-order valence-corrected chi connectivity index (χ4v) is 1.77. The van der Waals surface area contributed by atoms with Gasteiger partial charge in [-0.15, -0.1) is 5.10 Å². The van der Waals surface area contributed by atoms with E-state index < -0.39 is 0 Å². The zero-order valence-corrected chi connectivity index (χ0v) is 10.6. The van der Waals surface area contributed by atoms with Crippen LogP contribution in [0.5, 0.6) is 0 Å². The molecular formula is C10H12BrN5. The van der Waals surface area contributed by atoms with E-state index in [1.807, 2.05) is 38.2 Å². The first kappa shape index (κ1) is 11.2. The van der Waals surface area contributed by atoms with Crippen molar-refractivity contribution < 1.29 is 0 Å². The van der Waals surface area contributed by atoms with Crippen LogP contribution in [0.25, 0.3) is 5.69 Å². The minimum Gasteiger partial charge on any atom is -0.311 e. The molecule has 1 atom stereocenters. The first-order chi connectivity index (χ1) is 7.72. The Balaban J connectivity index is 2.44. The molecule has 0 bridgehead atoms. The Kier molecular flexibility index (Phi) is 3.31. The number of halogens is 1. The molecule has 2 aromatic rings. The summed E-state index contributed by atoms with van der Waals surface area (Å²) in [6.45, 7) is 2.01. The van der Waals surface area contributed by atoms with E-state index in [-0.39, 0.29) is 6.04 Å². The smallest absolute Gasteiger partial charge is 0.173 e. The molecule has 0 aliphatic carbocycles. The Morgan fingerprint density at radius 3 is 2.94 bits per heavy atom. The predicted molar refractivity (Wildman–Crippen MR) is 64.3 cm³/mol. The van der Waals surface area contributed by atoms with E-state index in [2.05, 4.69) is 36.8 Å². The van der Waals surface area contributed by atoms with Gasteiger partial charge in [0, 0.05) is 4.47 Å². The lowest BCUT2D eigenvalue weighted by molar-refractivity contribution is 0.588. The van der Waals surface area contributed by atoms with Crippen LogP contribution in [0.15, 0.2) is 28.7 Å². The third-order valence-electron chi connectivity index (χ3n) is 2.37. The van der Waals surface area contributed by atoms with E-state index in [0.717, 1.165) is 16.0 Å². The van der Waals surface area contributed by atoms with E-state index in [1.54, 1.807) is 4.68 Å². The van der Waals surface area contributed by atoms with Crippen molar-refractivity contribution in [2.75, 3.05) is 7.05 Å². The van der Waals surface area contributed by atoms with Crippen LogP contribution in [0.1, 0.15) is 18.8 Å². The summed E-state index contributed by atoms with van der Waals surface area (Å²) < 4.78 is 2.73. The molecule has 2 rings (SSSR count). The lowest BCUT2D eigenvalue weighted by Crippen LogP contribution is -2.17. The molecule has 1 aromatic carbocycles. The van der Waals surface area contributed by atoms with Gasteiger partial charge in [0.1, 0.15) is 0 Å². The molecule has 84 valence electrons. The van der Waals surface area contributed by atoms with E-state index in [4.69, 9.17) is 0 Å². The Hall–Kier alpha value is -1.27. The number of nitrogens with one attached hydrogen (secondary N) is 1. The Morgan fingerprint density at radius 1 is 1.44 bits per heavy atom. The zero-order valence-electron chi connectivity index (χ0n) is 9.05. The van der Waals surface area contributed by atoms with Crippen LogP contribution < -0.4 is 5.32 Å². The molecular weight excluding hydrogens is 270 g/mol. The van der Waals surface area contributed by atoms with Crippen molar-refractivity contribution in [2.45, 2.75) is 13.0 Å². The summed E-state index contributed by atoms with van der Waals surface area (Å²) in [4.78, 5) is 0. The van der Waals surface area contributed by atoms with Crippen molar-refractivity contribution >= 4 is 15.9 Å². The Morgan fingerprint density at radius 2 is 2.25 bits per heavy atom. The average molecular weight is 282 g/mol. The maximum absolute atomic E-state index is 4.02. The zero-order chi connectivity index (χ0) is 11.5. The maximum atomic E-state index is 4.02. The number of hydrogen-bond acceptors (Lipinski definition) is 4. The molecule has 0 fully saturated rings. The van der Waals surface area contributed by atoms with Crippen LogP contribution in [0.4, 0.5) is 0 Å². The van der Waals surface area contributed by atoms with Crippen LogP contribution in [0.2, 0.25) is 0 Å². The summed E-state index contributed by atoms with van der Waals surface area (Å²) in [5.74, 6) is 0.792. The Labute approximate surface area is 102 Å². The molecule has 1 aromatic heterocycles. The highest BCUT2D eigenvalue weighted by Crippen LogP contribution is 2.17. The molecule has 0 aliphatic heterocycles. The molecule has 0 spiro atoms. The van der Waals surface area contributed by atoms with Gasteiger partial charge in [-0.3, -0.25) is 0 Å². The van der Waals surface area contributed by atoms with Gasteiger partial charge in [-0.25, -0.2) is 0 Å². The summed E-state index contributed by atoms with van der Waals surface area (Å²) in [5, 5.41) is 14.8. The van der Waals surface area contributed by atoms with Crippen molar-refractivity contribution in [1.29, 1.82) is 0 Å². The van der Waals surface area contributed by atoms with Crippen molar-refractivity contribution in [3.8, 4) is 5.69 Å². The lowest BCUT2D eigenvalue weighted by atomic mass is 10.3. The predicted octanol–water partition coefficient (Wildman–Crippen LogP) is 1.71. The maximum Gasteiger partial charge on any atom is 0.173 e.